The lowest BCUT2D eigenvalue weighted by Crippen LogP contribution is -1.99. The first-order valence-corrected chi connectivity index (χ1v) is 10.8. The molecule has 0 fully saturated rings. The van der Waals surface area contributed by atoms with Crippen LogP contribution in [0, 0.1) is 6.92 Å². The number of fused-ring (bicyclic) bond motifs is 1. The molecule has 0 radical (unpaired) electrons. The molecule has 0 saturated carbocycles. The minimum Gasteiger partial charge on any atom is -0.497 e. The third kappa shape index (κ3) is 3.90. The maximum Gasteiger partial charge on any atom is 0.161 e. The minimum atomic E-state index is 0.701. The summed E-state index contributed by atoms with van der Waals surface area (Å²) in [5.41, 5.74) is 6.10. The first-order valence-electron chi connectivity index (χ1n) is 10.8. The van der Waals surface area contributed by atoms with Gasteiger partial charge in [0.15, 0.2) is 5.65 Å². The van der Waals surface area contributed by atoms with Crippen LogP contribution in [0.5, 0.6) is 17.2 Å². The molecule has 0 spiro atoms. The van der Waals surface area contributed by atoms with E-state index in [1.807, 2.05) is 83.0 Å². The Morgan fingerprint density at radius 2 is 1.74 bits per heavy atom. The van der Waals surface area contributed by atoms with Crippen LogP contribution in [-0.2, 0) is 0 Å². The summed E-state index contributed by atoms with van der Waals surface area (Å²) in [6.45, 7) is 1.96. The van der Waals surface area contributed by atoms with Crippen molar-refractivity contribution in [3.8, 4) is 34.2 Å². The number of aryl methyl sites for hydroxylation is 1. The number of nitrogens with zero attached hydrogens (tertiary/aromatic N) is 4. The third-order valence-corrected chi connectivity index (χ3v) is 5.62. The zero-order valence-electron chi connectivity index (χ0n) is 19.4. The highest BCUT2D eigenvalue weighted by atomic mass is 16.5. The Morgan fingerprint density at radius 1 is 0.882 bits per heavy atom. The Morgan fingerprint density at radius 3 is 2.47 bits per heavy atom. The second-order valence-corrected chi connectivity index (χ2v) is 7.78. The van der Waals surface area contributed by atoms with Crippen molar-refractivity contribution < 1.29 is 14.2 Å². The number of rotatable bonds is 7. The van der Waals surface area contributed by atoms with Crippen molar-refractivity contribution in [3.63, 3.8) is 0 Å². The van der Waals surface area contributed by atoms with Crippen LogP contribution in [0.3, 0.4) is 0 Å². The highest BCUT2D eigenvalue weighted by Gasteiger charge is 2.14. The van der Waals surface area contributed by atoms with E-state index in [1.54, 1.807) is 27.7 Å². The van der Waals surface area contributed by atoms with Crippen LogP contribution in [0.25, 0.3) is 22.6 Å². The summed E-state index contributed by atoms with van der Waals surface area (Å²) < 4.78 is 20.5. The fourth-order valence-corrected chi connectivity index (χ4v) is 3.93. The summed E-state index contributed by atoms with van der Waals surface area (Å²) >= 11 is 0. The summed E-state index contributed by atoms with van der Waals surface area (Å²) in [5.74, 6) is 2.17. The van der Waals surface area contributed by atoms with E-state index in [0.29, 0.717) is 5.75 Å². The van der Waals surface area contributed by atoms with E-state index in [1.165, 1.54) is 0 Å². The van der Waals surface area contributed by atoms with Crippen molar-refractivity contribution in [2.75, 3.05) is 26.6 Å². The van der Waals surface area contributed by atoms with Crippen molar-refractivity contribution in [2.24, 2.45) is 0 Å². The topological polar surface area (TPSA) is 74.8 Å². The average Bonchev–Trinajstić information content (AvgIpc) is 3.50. The van der Waals surface area contributed by atoms with Gasteiger partial charge in [0.05, 0.1) is 50.4 Å². The molecule has 1 N–H and O–H groups in total. The summed E-state index contributed by atoms with van der Waals surface area (Å²) in [6, 6.07) is 15.7. The maximum atomic E-state index is 5.65. The van der Waals surface area contributed by atoms with E-state index in [2.05, 4.69) is 10.3 Å². The summed E-state index contributed by atoms with van der Waals surface area (Å²) in [5, 5.41) is 3.48. The standard InChI is InChI=1S/C26H25N5O3/c1-17-14-31(16-27-17)23-10-7-18(12-25(23)34-4)28-21-6-5-11-30-15-22(29-26(21)30)20-9-8-19(32-2)13-24(20)33-3/h5-16,28H,1-4H3. The Labute approximate surface area is 197 Å². The predicted molar refractivity (Wildman–Crippen MR) is 132 cm³/mol. The number of methoxy groups -OCH3 is 3. The molecule has 0 bridgehead atoms. The number of anilines is 2. The maximum absolute atomic E-state index is 5.65. The molecule has 0 atom stereocenters. The van der Waals surface area contributed by atoms with Crippen molar-refractivity contribution in [3.05, 3.63) is 79.1 Å². The van der Waals surface area contributed by atoms with Crippen molar-refractivity contribution in [1.29, 1.82) is 0 Å². The lowest BCUT2D eigenvalue weighted by Gasteiger charge is -2.13. The quantitative estimate of drug-likeness (QED) is 0.361. The number of benzene rings is 2. The van der Waals surface area contributed by atoms with Gasteiger partial charge in [0.2, 0.25) is 0 Å². The van der Waals surface area contributed by atoms with Gasteiger partial charge in [0.1, 0.15) is 17.2 Å². The molecule has 3 heterocycles. The third-order valence-electron chi connectivity index (χ3n) is 5.62. The van der Waals surface area contributed by atoms with Crippen LogP contribution >= 0.6 is 0 Å². The average molecular weight is 456 g/mol. The lowest BCUT2D eigenvalue weighted by atomic mass is 10.1. The first-order chi connectivity index (χ1) is 16.6. The number of ether oxygens (including phenoxy) is 3. The molecule has 172 valence electrons. The number of imidazole rings is 2. The highest BCUT2D eigenvalue weighted by molar-refractivity contribution is 5.79. The Bertz CT molecular complexity index is 1470. The van der Waals surface area contributed by atoms with Crippen LogP contribution in [0.4, 0.5) is 11.4 Å². The van der Waals surface area contributed by atoms with Crippen LogP contribution in [0.1, 0.15) is 5.69 Å². The monoisotopic (exact) mass is 455 g/mol. The Hall–Kier alpha value is -4.46. The molecule has 5 rings (SSSR count). The molecule has 5 aromatic rings. The zero-order chi connectivity index (χ0) is 23.7. The predicted octanol–water partition coefficient (Wildman–Crippen LogP) is 5.26. The molecule has 34 heavy (non-hydrogen) atoms. The van der Waals surface area contributed by atoms with Crippen LogP contribution in [-0.4, -0.2) is 40.3 Å². The smallest absolute Gasteiger partial charge is 0.161 e. The van der Waals surface area contributed by atoms with Gasteiger partial charge in [0, 0.05) is 42.0 Å². The van der Waals surface area contributed by atoms with Gasteiger partial charge in [-0.25, -0.2) is 9.97 Å². The number of hydrogen-bond donors (Lipinski definition) is 1. The van der Waals surface area contributed by atoms with Gasteiger partial charge in [-0.05, 0) is 43.3 Å². The minimum absolute atomic E-state index is 0.701. The SMILES string of the molecule is COc1ccc(-c2cn3cccc(Nc4ccc(-n5cnc(C)c5)c(OC)c4)c3n2)c(OC)c1. The van der Waals surface area contributed by atoms with E-state index in [9.17, 15) is 0 Å². The molecule has 0 aliphatic heterocycles. The van der Waals surface area contributed by atoms with Crippen LogP contribution in [0.2, 0.25) is 0 Å². The van der Waals surface area contributed by atoms with Crippen LogP contribution < -0.4 is 19.5 Å². The van der Waals surface area contributed by atoms with E-state index in [0.717, 1.165) is 51.2 Å². The van der Waals surface area contributed by atoms with Gasteiger partial charge in [-0.2, -0.15) is 0 Å². The van der Waals surface area contributed by atoms with Gasteiger partial charge in [-0.15, -0.1) is 0 Å². The molecular formula is C26H25N5O3. The van der Waals surface area contributed by atoms with Gasteiger partial charge in [-0.1, -0.05) is 0 Å². The highest BCUT2D eigenvalue weighted by Crippen LogP contribution is 2.34. The fourth-order valence-electron chi connectivity index (χ4n) is 3.93. The van der Waals surface area contributed by atoms with Crippen LogP contribution in [0.15, 0.2) is 73.4 Å². The largest absolute Gasteiger partial charge is 0.497 e. The van der Waals surface area contributed by atoms with Gasteiger partial charge >= 0.3 is 0 Å². The summed E-state index contributed by atoms with van der Waals surface area (Å²) in [6.07, 6.45) is 7.69. The summed E-state index contributed by atoms with van der Waals surface area (Å²) in [4.78, 5) is 9.20. The van der Waals surface area contributed by atoms with Crippen molar-refractivity contribution >= 4 is 17.0 Å². The van der Waals surface area contributed by atoms with E-state index in [-0.39, 0.29) is 0 Å². The normalized spacial score (nSPS) is 10.9. The number of pyridine rings is 1. The van der Waals surface area contributed by atoms with E-state index >= 15 is 0 Å². The lowest BCUT2D eigenvalue weighted by molar-refractivity contribution is 0.395. The second-order valence-electron chi connectivity index (χ2n) is 7.78. The molecule has 0 amide bonds. The summed E-state index contributed by atoms with van der Waals surface area (Å²) in [7, 11) is 4.94. The van der Waals surface area contributed by atoms with E-state index in [4.69, 9.17) is 19.2 Å². The molecule has 3 aromatic heterocycles. The number of aromatic nitrogens is 4. The fraction of sp³-hybridized carbons (Fsp3) is 0.154. The molecule has 0 saturated heterocycles. The molecule has 0 aliphatic carbocycles. The molecule has 0 unspecified atom stereocenters. The van der Waals surface area contributed by atoms with Crippen molar-refractivity contribution in [2.45, 2.75) is 6.92 Å². The van der Waals surface area contributed by atoms with Gasteiger partial charge in [-0.3, -0.25) is 0 Å². The number of nitrogens with one attached hydrogen (secondary N) is 1. The van der Waals surface area contributed by atoms with E-state index < -0.39 is 0 Å². The number of hydrogen-bond acceptors (Lipinski definition) is 6. The molecule has 2 aromatic carbocycles. The Kier molecular flexibility index (Phi) is 5.55. The molecule has 8 nitrogen and oxygen atoms in total. The van der Waals surface area contributed by atoms with Gasteiger partial charge in [0.25, 0.3) is 0 Å². The van der Waals surface area contributed by atoms with Gasteiger partial charge < -0.3 is 28.5 Å². The zero-order valence-corrected chi connectivity index (χ0v) is 19.4. The Balaban J connectivity index is 1.50. The molecule has 0 aliphatic rings. The molecule has 8 heteroatoms. The second kappa shape index (κ2) is 8.82. The first kappa shape index (κ1) is 21.4. The van der Waals surface area contributed by atoms with Crippen molar-refractivity contribution in [1.82, 2.24) is 18.9 Å². The molecular weight excluding hydrogens is 430 g/mol.